The van der Waals surface area contributed by atoms with Crippen molar-refractivity contribution in [3.05, 3.63) is 29.7 Å². The number of halogens is 1. The Morgan fingerprint density at radius 3 is 2.68 bits per heavy atom. The fraction of sp³-hybridized carbons (Fsp3) is 0.650. The van der Waals surface area contributed by atoms with Gasteiger partial charge in [-0.3, -0.25) is 0 Å². The van der Waals surface area contributed by atoms with Gasteiger partial charge in [0.05, 0.1) is 19.8 Å². The van der Waals surface area contributed by atoms with Crippen LogP contribution in [0, 0.1) is 18.3 Å². The van der Waals surface area contributed by atoms with Crippen molar-refractivity contribution in [1.29, 1.82) is 0 Å². The quantitative estimate of drug-likeness (QED) is 0.765. The van der Waals surface area contributed by atoms with Crippen LogP contribution in [0.3, 0.4) is 0 Å². The first kappa shape index (κ1) is 21.2. The Kier molecular flexibility index (Phi) is 6.12. The van der Waals surface area contributed by atoms with Gasteiger partial charge in [0.2, 0.25) is 10.0 Å². The van der Waals surface area contributed by atoms with Crippen molar-refractivity contribution in [2.24, 2.45) is 11.3 Å². The monoisotopic (exact) mass is 411 g/mol. The molecule has 0 N–H and O–H groups in total. The first-order valence-electron chi connectivity index (χ1n) is 9.74. The maximum atomic E-state index is 13.7. The lowest BCUT2D eigenvalue weighted by Crippen LogP contribution is -2.39. The van der Waals surface area contributed by atoms with E-state index in [1.165, 1.54) is 10.4 Å². The third-order valence-electron chi connectivity index (χ3n) is 5.46. The molecular weight excluding hydrogens is 381 g/mol. The lowest BCUT2D eigenvalue weighted by atomic mass is 9.81. The van der Waals surface area contributed by atoms with Gasteiger partial charge >= 0.3 is 0 Å². The van der Waals surface area contributed by atoms with Crippen LogP contribution >= 0.6 is 0 Å². The van der Waals surface area contributed by atoms with Crippen LogP contribution in [0.15, 0.2) is 28.9 Å². The zero-order valence-electron chi connectivity index (χ0n) is 17.1. The first-order chi connectivity index (χ1) is 13.1. The summed E-state index contributed by atoms with van der Waals surface area (Å²) < 4.78 is 47.3. The van der Waals surface area contributed by atoms with E-state index in [1.807, 2.05) is 11.8 Å². The molecule has 1 saturated heterocycles. The summed E-state index contributed by atoms with van der Waals surface area (Å²) in [6, 6.07) is 3.29. The number of ether oxygens (including phenoxy) is 1. The van der Waals surface area contributed by atoms with E-state index in [1.54, 1.807) is 12.1 Å². The minimum Gasteiger partial charge on any atom is -0.379 e. The minimum absolute atomic E-state index is 0.0201. The van der Waals surface area contributed by atoms with Crippen LogP contribution < -0.4 is 4.90 Å². The minimum atomic E-state index is -3.85. The van der Waals surface area contributed by atoms with E-state index in [-0.39, 0.29) is 29.3 Å². The Bertz CT molecular complexity index is 849. The molecular formula is C20H30FN3O3S. The third-order valence-corrected chi connectivity index (χ3v) is 7.32. The lowest BCUT2D eigenvalue weighted by Gasteiger charge is -2.34. The van der Waals surface area contributed by atoms with Crippen molar-refractivity contribution in [3.8, 4) is 0 Å². The number of nitrogens with zero attached hydrogens (tertiary/aromatic N) is 3. The molecule has 0 bridgehead atoms. The Morgan fingerprint density at radius 2 is 2.00 bits per heavy atom. The molecule has 1 aromatic heterocycles. The van der Waals surface area contributed by atoms with Crippen LogP contribution in [-0.2, 0) is 14.8 Å². The number of aryl methyl sites for hydroxylation is 1. The van der Waals surface area contributed by atoms with Crippen molar-refractivity contribution < 1.29 is 17.5 Å². The molecule has 3 rings (SSSR count). The lowest BCUT2D eigenvalue weighted by molar-refractivity contribution is 0.0798. The Labute approximate surface area is 167 Å². The molecule has 8 heteroatoms. The molecule has 2 aliphatic heterocycles. The SMILES string of the molecule is Cc1ccc(S(=O)(=O)N2CCC=C(F)C2)c(N2CCOCC(C(C)(C)C)C2)n1. The molecule has 3 heterocycles. The van der Waals surface area contributed by atoms with Crippen LogP contribution in [0.1, 0.15) is 32.9 Å². The fourth-order valence-electron chi connectivity index (χ4n) is 3.51. The van der Waals surface area contributed by atoms with Crippen molar-refractivity contribution in [2.45, 2.75) is 39.0 Å². The second kappa shape index (κ2) is 8.08. The van der Waals surface area contributed by atoms with Gasteiger partial charge in [-0.2, -0.15) is 4.31 Å². The standard InChI is InChI=1S/C20H30FN3O3S/c1-15-7-8-18(28(25,26)24-9-5-6-17(21)13-24)19(22-15)23-10-11-27-14-16(12-23)20(2,3)4/h6-8,16H,5,9-14H2,1-4H3. The topological polar surface area (TPSA) is 62.7 Å². The van der Waals surface area contributed by atoms with Crippen LogP contribution in [0.2, 0.25) is 0 Å². The van der Waals surface area contributed by atoms with Gasteiger partial charge in [0.15, 0.2) is 0 Å². The summed E-state index contributed by atoms with van der Waals surface area (Å²) in [4.78, 5) is 6.75. The van der Waals surface area contributed by atoms with E-state index in [0.29, 0.717) is 38.5 Å². The van der Waals surface area contributed by atoms with Gasteiger partial charge in [-0.15, -0.1) is 0 Å². The molecule has 0 amide bonds. The predicted molar refractivity (Wildman–Crippen MR) is 108 cm³/mol. The summed E-state index contributed by atoms with van der Waals surface area (Å²) in [6.45, 7) is 10.8. The van der Waals surface area contributed by atoms with E-state index in [2.05, 4.69) is 25.8 Å². The molecule has 0 radical (unpaired) electrons. The summed E-state index contributed by atoms with van der Waals surface area (Å²) in [5.74, 6) is 0.269. The first-order valence-corrected chi connectivity index (χ1v) is 11.2. The number of hydrogen-bond acceptors (Lipinski definition) is 5. The van der Waals surface area contributed by atoms with E-state index < -0.39 is 15.9 Å². The molecule has 1 atom stereocenters. The number of sulfonamides is 1. The number of pyridine rings is 1. The van der Waals surface area contributed by atoms with Crippen LogP contribution in [0.25, 0.3) is 0 Å². The summed E-state index contributed by atoms with van der Waals surface area (Å²) in [6.07, 6.45) is 1.82. The highest BCUT2D eigenvalue weighted by molar-refractivity contribution is 7.89. The van der Waals surface area contributed by atoms with Gasteiger partial charge in [0.1, 0.15) is 16.5 Å². The highest BCUT2D eigenvalue weighted by Gasteiger charge is 2.34. The van der Waals surface area contributed by atoms with Crippen LogP contribution in [0.5, 0.6) is 0 Å². The largest absolute Gasteiger partial charge is 0.379 e. The summed E-state index contributed by atoms with van der Waals surface area (Å²) in [5, 5.41) is 0. The molecule has 0 saturated carbocycles. The number of aromatic nitrogens is 1. The molecule has 2 aliphatic rings. The van der Waals surface area contributed by atoms with E-state index in [0.717, 1.165) is 5.69 Å². The maximum Gasteiger partial charge on any atom is 0.247 e. The van der Waals surface area contributed by atoms with Gasteiger partial charge in [-0.05, 0) is 30.9 Å². The van der Waals surface area contributed by atoms with Crippen LogP contribution in [-0.4, -0.2) is 57.1 Å². The molecule has 1 aromatic rings. The van der Waals surface area contributed by atoms with Gasteiger partial charge < -0.3 is 9.64 Å². The summed E-state index contributed by atoms with van der Waals surface area (Å²) >= 11 is 0. The average molecular weight is 412 g/mol. The Morgan fingerprint density at radius 1 is 1.25 bits per heavy atom. The van der Waals surface area contributed by atoms with Crippen molar-refractivity contribution in [2.75, 3.05) is 44.3 Å². The normalized spacial score (nSPS) is 22.7. The Hall–Kier alpha value is -1.51. The van der Waals surface area contributed by atoms with Gasteiger partial charge in [-0.1, -0.05) is 26.8 Å². The third kappa shape index (κ3) is 4.55. The highest BCUT2D eigenvalue weighted by atomic mass is 32.2. The van der Waals surface area contributed by atoms with E-state index in [9.17, 15) is 12.8 Å². The van der Waals surface area contributed by atoms with E-state index in [4.69, 9.17) is 4.74 Å². The van der Waals surface area contributed by atoms with Crippen molar-refractivity contribution in [3.63, 3.8) is 0 Å². The second-order valence-electron chi connectivity index (χ2n) is 8.64. The number of anilines is 1. The van der Waals surface area contributed by atoms with Crippen molar-refractivity contribution >= 4 is 15.8 Å². The number of hydrogen-bond donors (Lipinski definition) is 0. The van der Waals surface area contributed by atoms with Gasteiger partial charge in [-0.25, -0.2) is 17.8 Å². The van der Waals surface area contributed by atoms with Crippen molar-refractivity contribution in [1.82, 2.24) is 9.29 Å². The molecule has 6 nitrogen and oxygen atoms in total. The predicted octanol–water partition coefficient (Wildman–Crippen LogP) is 3.14. The maximum absolute atomic E-state index is 13.7. The van der Waals surface area contributed by atoms with Gasteiger partial charge in [0, 0.05) is 31.2 Å². The highest BCUT2D eigenvalue weighted by Crippen LogP contribution is 2.33. The molecule has 28 heavy (non-hydrogen) atoms. The second-order valence-corrected chi connectivity index (χ2v) is 10.5. The van der Waals surface area contributed by atoms with Gasteiger partial charge in [0.25, 0.3) is 0 Å². The fourth-order valence-corrected chi connectivity index (χ4v) is 5.07. The molecule has 0 aromatic carbocycles. The molecule has 1 unspecified atom stereocenters. The zero-order valence-corrected chi connectivity index (χ0v) is 17.9. The molecule has 1 fully saturated rings. The molecule has 156 valence electrons. The summed E-state index contributed by atoms with van der Waals surface area (Å²) in [7, 11) is -3.85. The molecule has 0 spiro atoms. The number of rotatable bonds is 3. The summed E-state index contributed by atoms with van der Waals surface area (Å²) in [5.41, 5.74) is 0.767. The average Bonchev–Trinajstić information content (AvgIpc) is 2.87. The smallest absolute Gasteiger partial charge is 0.247 e. The Balaban J connectivity index is 2.00. The van der Waals surface area contributed by atoms with E-state index >= 15 is 0 Å². The van der Waals surface area contributed by atoms with Crippen LogP contribution in [0.4, 0.5) is 10.2 Å². The zero-order chi connectivity index (χ0) is 20.5. The molecule has 0 aliphatic carbocycles.